The quantitative estimate of drug-likeness (QED) is 0.650. The van der Waals surface area contributed by atoms with Crippen molar-refractivity contribution in [3.05, 3.63) is 0 Å². The number of urea groups is 1. The molecule has 0 saturated heterocycles. The minimum atomic E-state index is -0.755. The summed E-state index contributed by atoms with van der Waals surface area (Å²) in [5.41, 5.74) is 0. The third-order valence-corrected chi connectivity index (χ3v) is 3.50. The zero-order chi connectivity index (χ0) is 14.3. The van der Waals surface area contributed by atoms with Gasteiger partial charge in [0, 0.05) is 19.7 Å². The lowest BCUT2D eigenvalue weighted by Gasteiger charge is -2.17. The highest BCUT2D eigenvalue weighted by Gasteiger charge is 2.32. The lowest BCUT2D eigenvalue weighted by Crippen LogP contribution is -2.42. The molecule has 0 heterocycles. The van der Waals surface area contributed by atoms with Gasteiger partial charge in [-0.3, -0.25) is 4.79 Å². The second-order valence-electron chi connectivity index (χ2n) is 4.99. The van der Waals surface area contributed by atoms with Crippen molar-refractivity contribution in [3.63, 3.8) is 0 Å². The molecule has 2 amide bonds. The van der Waals surface area contributed by atoms with Crippen LogP contribution in [-0.4, -0.2) is 42.9 Å². The standard InChI is InChI=1S/C13H24N2O4/c1-3-19-9(2)7-14-13(18)15-8-10-5-4-6-11(10)12(16)17/h9-11H,3-8H2,1-2H3,(H,16,17)(H2,14,15,18). The Bertz CT molecular complexity index is 309. The Morgan fingerprint density at radius 1 is 1.37 bits per heavy atom. The summed E-state index contributed by atoms with van der Waals surface area (Å²) >= 11 is 0. The van der Waals surface area contributed by atoms with Crippen LogP contribution >= 0.6 is 0 Å². The smallest absolute Gasteiger partial charge is 0.314 e. The topological polar surface area (TPSA) is 87.7 Å². The molecule has 19 heavy (non-hydrogen) atoms. The van der Waals surface area contributed by atoms with Gasteiger partial charge in [0.05, 0.1) is 12.0 Å². The van der Waals surface area contributed by atoms with E-state index in [0.29, 0.717) is 26.1 Å². The molecule has 6 heteroatoms. The second-order valence-corrected chi connectivity index (χ2v) is 4.99. The number of amides is 2. The summed E-state index contributed by atoms with van der Waals surface area (Å²) in [6, 6.07) is -0.261. The molecule has 0 aromatic heterocycles. The summed E-state index contributed by atoms with van der Waals surface area (Å²) in [7, 11) is 0. The van der Waals surface area contributed by atoms with Crippen LogP contribution in [0.15, 0.2) is 0 Å². The van der Waals surface area contributed by atoms with E-state index in [2.05, 4.69) is 10.6 Å². The van der Waals surface area contributed by atoms with E-state index in [1.165, 1.54) is 0 Å². The van der Waals surface area contributed by atoms with Crippen molar-refractivity contribution in [3.8, 4) is 0 Å². The maximum Gasteiger partial charge on any atom is 0.314 e. The van der Waals surface area contributed by atoms with Gasteiger partial charge in [-0.2, -0.15) is 0 Å². The van der Waals surface area contributed by atoms with Crippen LogP contribution in [0.4, 0.5) is 4.79 Å². The molecule has 1 aliphatic rings. The summed E-state index contributed by atoms with van der Waals surface area (Å²) < 4.78 is 5.30. The summed E-state index contributed by atoms with van der Waals surface area (Å²) in [5, 5.41) is 14.5. The molecular weight excluding hydrogens is 248 g/mol. The Kier molecular flexibility index (Phi) is 6.62. The molecule has 6 nitrogen and oxygen atoms in total. The Morgan fingerprint density at radius 2 is 2.11 bits per heavy atom. The third-order valence-electron chi connectivity index (χ3n) is 3.50. The van der Waals surface area contributed by atoms with Gasteiger partial charge in [0.1, 0.15) is 0 Å². The zero-order valence-electron chi connectivity index (χ0n) is 11.6. The summed E-state index contributed by atoms with van der Waals surface area (Å²) in [6.45, 7) is 5.29. The number of rotatable bonds is 7. The highest BCUT2D eigenvalue weighted by atomic mass is 16.5. The lowest BCUT2D eigenvalue weighted by atomic mass is 9.96. The van der Waals surface area contributed by atoms with E-state index in [1.807, 2.05) is 13.8 Å². The highest BCUT2D eigenvalue weighted by Crippen LogP contribution is 2.31. The van der Waals surface area contributed by atoms with E-state index < -0.39 is 5.97 Å². The van der Waals surface area contributed by atoms with Gasteiger partial charge in [-0.1, -0.05) is 6.42 Å². The Labute approximate surface area is 113 Å². The number of aliphatic carboxylic acids is 1. The van der Waals surface area contributed by atoms with Crippen molar-refractivity contribution >= 4 is 12.0 Å². The van der Waals surface area contributed by atoms with Gasteiger partial charge in [0.25, 0.3) is 0 Å². The monoisotopic (exact) mass is 272 g/mol. The molecule has 0 aromatic rings. The van der Waals surface area contributed by atoms with Gasteiger partial charge < -0.3 is 20.5 Å². The number of ether oxygens (including phenoxy) is 1. The van der Waals surface area contributed by atoms with Crippen molar-refractivity contribution in [2.75, 3.05) is 19.7 Å². The predicted octanol–water partition coefficient (Wildman–Crippen LogP) is 1.21. The molecule has 1 aliphatic carbocycles. The van der Waals surface area contributed by atoms with Crippen molar-refractivity contribution < 1.29 is 19.4 Å². The molecule has 3 unspecified atom stereocenters. The van der Waals surface area contributed by atoms with Gasteiger partial charge in [0.2, 0.25) is 0 Å². The van der Waals surface area contributed by atoms with Crippen molar-refractivity contribution in [2.45, 2.75) is 39.2 Å². The van der Waals surface area contributed by atoms with Gasteiger partial charge in [-0.15, -0.1) is 0 Å². The zero-order valence-corrected chi connectivity index (χ0v) is 11.6. The number of carboxylic acid groups (broad SMARTS) is 1. The molecule has 1 rings (SSSR count). The Balaban J connectivity index is 2.21. The third kappa shape index (κ3) is 5.46. The molecule has 1 saturated carbocycles. The van der Waals surface area contributed by atoms with Crippen molar-refractivity contribution in [1.82, 2.24) is 10.6 Å². The molecule has 3 N–H and O–H groups in total. The molecule has 0 bridgehead atoms. The minimum absolute atomic E-state index is 0.0194. The van der Waals surface area contributed by atoms with Crippen LogP contribution in [0.3, 0.4) is 0 Å². The SMILES string of the molecule is CCOC(C)CNC(=O)NCC1CCCC1C(=O)O. The molecule has 0 radical (unpaired) electrons. The molecule has 0 aliphatic heterocycles. The fourth-order valence-corrected chi connectivity index (χ4v) is 2.47. The van der Waals surface area contributed by atoms with Crippen LogP contribution < -0.4 is 10.6 Å². The first-order valence-corrected chi connectivity index (χ1v) is 6.90. The molecule has 0 aromatic carbocycles. The van der Waals surface area contributed by atoms with Gasteiger partial charge in [0.15, 0.2) is 0 Å². The minimum Gasteiger partial charge on any atom is -0.481 e. The first kappa shape index (κ1) is 15.8. The molecule has 3 atom stereocenters. The molecular formula is C13H24N2O4. The normalized spacial score (nSPS) is 23.9. The van der Waals surface area contributed by atoms with Crippen molar-refractivity contribution in [1.29, 1.82) is 0 Å². The number of carbonyl (C=O) groups excluding carboxylic acids is 1. The number of nitrogens with one attached hydrogen (secondary N) is 2. The highest BCUT2D eigenvalue weighted by molar-refractivity contribution is 5.74. The van der Waals surface area contributed by atoms with Gasteiger partial charge in [-0.25, -0.2) is 4.79 Å². The van der Waals surface area contributed by atoms with E-state index in [-0.39, 0.29) is 24.0 Å². The Morgan fingerprint density at radius 3 is 2.74 bits per heavy atom. The molecule has 0 spiro atoms. The van der Waals surface area contributed by atoms with Crippen LogP contribution in [-0.2, 0) is 9.53 Å². The van der Waals surface area contributed by atoms with Gasteiger partial charge >= 0.3 is 12.0 Å². The van der Waals surface area contributed by atoms with E-state index in [9.17, 15) is 9.59 Å². The van der Waals surface area contributed by atoms with Crippen LogP contribution in [0.2, 0.25) is 0 Å². The maximum atomic E-state index is 11.6. The Hall–Kier alpha value is -1.30. The van der Waals surface area contributed by atoms with Crippen LogP contribution in [0.1, 0.15) is 33.1 Å². The number of carbonyl (C=O) groups is 2. The van der Waals surface area contributed by atoms with Crippen LogP contribution in [0, 0.1) is 11.8 Å². The summed E-state index contributed by atoms with van der Waals surface area (Å²) in [5.74, 6) is -1.02. The van der Waals surface area contributed by atoms with E-state index in [1.54, 1.807) is 0 Å². The van der Waals surface area contributed by atoms with Crippen LogP contribution in [0.5, 0.6) is 0 Å². The predicted molar refractivity (Wildman–Crippen MR) is 71.0 cm³/mol. The maximum absolute atomic E-state index is 11.6. The largest absolute Gasteiger partial charge is 0.481 e. The fraction of sp³-hybridized carbons (Fsp3) is 0.846. The van der Waals surface area contributed by atoms with Crippen molar-refractivity contribution in [2.24, 2.45) is 11.8 Å². The first-order valence-electron chi connectivity index (χ1n) is 6.90. The fourth-order valence-electron chi connectivity index (χ4n) is 2.47. The number of carboxylic acids is 1. The average Bonchev–Trinajstić information content (AvgIpc) is 2.82. The van der Waals surface area contributed by atoms with Gasteiger partial charge in [-0.05, 0) is 32.6 Å². The number of hydrogen-bond acceptors (Lipinski definition) is 3. The van der Waals surface area contributed by atoms with E-state index in [0.717, 1.165) is 12.8 Å². The average molecular weight is 272 g/mol. The number of hydrogen-bond donors (Lipinski definition) is 3. The second kappa shape index (κ2) is 7.99. The summed E-state index contributed by atoms with van der Waals surface area (Å²) in [4.78, 5) is 22.6. The lowest BCUT2D eigenvalue weighted by molar-refractivity contribution is -0.142. The van der Waals surface area contributed by atoms with E-state index in [4.69, 9.17) is 9.84 Å². The van der Waals surface area contributed by atoms with Crippen LogP contribution in [0.25, 0.3) is 0 Å². The molecule has 110 valence electrons. The first-order chi connectivity index (χ1) is 9.04. The van der Waals surface area contributed by atoms with E-state index >= 15 is 0 Å². The summed E-state index contributed by atoms with van der Waals surface area (Å²) in [6.07, 6.45) is 2.48. The molecule has 1 fully saturated rings.